The van der Waals surface area contributed by atoms with Gasteiger partial charge in [0.2, 0.25) is 5.91 Å². The topological polar surface area (TPSA) is 76.7 Å². The minimum absolute atomic E-state index is 0.0459. The molecular formula is C18H18N2O4. The molecular weight excluding hydrogens is 308 g/mol. The molecule has 0 aliphatic carbocycles. The second-order valence-corrected chi connectivity index (χ2v) is 5.38. The van der Waals surface area contributed by atoms with Gasteiger partial charge in [0, 0.05) is 11.3 Å². The van der Waals surface area contributed by atoms with Crippen molar-refractivity contribution in [1.82, 2.24) is 5.32 Å². The minimum atomic E-state index is -0.185. The van der Waals surface area contributed by atoms with Gasteiger partial charge >= 0.3 is 0 Å². The van der Waals surface area contributed by atoms with E-state index in [2.05, 4.69) is 10.6 Å². The van der Waals surface area contributed by atoms with Crippen LogP contribution in [-0.4, -0.2) is 32.1 Å². The summed E-state index contributed by atoms with van der Waals surface area (Å²) >= 11 is 0. The lowest BCUT2D eigenvalue weighted by Crippen LogP contribution is -2.28. The number of rotatable bonds is 6. The molecule has 0 radical (unpaired) electrons. The number of hydrogen-bond donors (Lipinski definition) is 2. The Morgan fingerprint density at radius 2 is 1.92 bits per heavy atom. The maximum absolute atomic E-state index is 12.1. The first-order valence-electron chi connectivity index (χ1n) is 7.63. The van der Waals surface area contributed by atoms with Gasteiger partial charge in [-0.05, 0) is 48.0 Å². The van der Waals surface area contributed by atoms with Crippen LogP contribution in [0.5, 0.6) is 11.5 Å². The van der Waals surface area contributed by atoms with Crippen molar-refractivity contribution in [2.24, 2.45) is 0 Å². The third-order valence-electron chi connectivity index (χ3n) is 3.71. The summed E-state index contributed by atoms with van der Waals surface area (Å²) in [7, 11) is 1.61. The molecule has 0 fully saturated rings. The summed E-state index contributed by atoms with van der Waals surface area (Å²) in [5.41, 5.74) is 2.16. The highest BCUT2D eigenvalue weighted by Crippen LogP contribution is 2.23. The SMILES string of the molecule is COc1ccc(OCCNC(=O)c2ccc3c(c2)CC(=O)N3)cc1. The van der Waals surface area contributed by atoms with Crippen molar-refractivity contribution < 1.29 is 19.1 Å². The highest BCUT2D eigenvalue weighted by Gasteiger charge is 2.18. The Bertz CT molecular complexity index is 756. The number of methoxy groups -OCH3 is 1. The molecule has 1 aliphatic rings. The molecule has 2 N–H and O–H groups in total. The van der Waals surface area contributed by atoms with E-state index in [1.807, 2.05) is 24.3 Å². The van der Waals surface area contributed by atoms with E-state index in [9.17, 15) is 9.59 Å². The van der Waals surface area contributed by atoms with Crippen LogP contribution in [-0.2, 0) is 11.2 Å². The number of amides is 2. The van der Waals surface area contributed by atoms with Gasteiger partial charge in [-0.2, -0.15) is 0 Å². The van der Waals surface area contributed by atoms with Crippen LogP contribution in [0.1, 0.15) is 15.9 Å². The number of carbonyl (C=O) groups excluding carboxylic acids is 2. The number of nitrogens with one attached hydrogen (secondary N) is 2. The molecule has 1 heterocycles. The maximum Gasteiger partial charge on any atom is 0.251 e. The van der Waals surface area contributed by atoms with Crippen LogP contribution in [0.3, 0.4) is 0 Å². The third kappa shape index (κ3) is 3.65. The van der Waals surface area contributed by atoms with Gasteiger partial charge in [-0.25, -0.2) is 0 Å². The van der Waals surface area contributed by atoms with E-state index in [0.29, 0.717) is 30.9 Å². The summed E-state index contributed by atoms with van der Waals surface area (Å²) in [4.78, 5) is 23.5. The van der Waals surface area contributed by atoms with E-state index >= 15 is 0 Å². The number of ether oxygens (including phenoxy) is 2. The number of carbonyl (C=O) groups is 2. The van der Waals surface area contributed by atoms with Crippen molar-refractivity contribution in [2.75, 3.05) is 25.6 Å². The first-order chi connectivity index (χ1) is 11.7. The molecule has 0 atom stereocenters. The fraction of sp³-hybridized carbons (Fsp3) is 0.222. The molecule has 2 amide bonds. The van der Waals surface area contributed by atoms with Gasteiger partial charge in [0.15, 0.2) is 0 Å². The molecule has 3 rings (SSSR count). The van der Waals surface area contributed by atoms with Crippen LogP contribution < -0.4 is 20.1 Å². The van der Waals surface area contributed by atoms with Gasteiger partial charge in [0.25, 0.3) is 5.91 Å². The smallest absolute Gasteiger partial charge is 0.251 e. The fourth-order valence-corrected chi connectivity index (χ4v) is 2.48. The Balaban J connectivity index is 1.47. The van der Waals surface area contributed by atoms with Crippen LogP contribution in [0.4, 0.5) is 5.69 Å². The average Bonchev–Trinajstić information content (AvgIpc) is 2.98. The number of anilines is 1. The molecule has 1 aliphatic heterocycles. The van der Waals surface area contributed by atoms with E-state index in [1.165, 1.54) is 0 Å². The minimum Gasteiger partial charge on any atom is -0.497 e. The first kappa shape index (κ1) is 15.9. The number of fused-ring (bicyclic) bond motifs is 1. The summed E-state index contributed by atoms with van der Waals surface area (Å²) in [6, 6.07) is 12.4. The lowest BCUT2D eigenvalue weighted by atomic mass is 10.1. The van der Waals surface area contributed by atoms with Gasteiger partial charge in [-0.1, -0.05) is 0 Å². The van der Waals surface area contributed by atoms with Crippen molar-refractivity contribution in [3.63, 3.8) is 0 Å². The maximum atomic E-state index is 12.1. The van der Waals surface area contributed by atoms with Crippen LogP contribution in [0, 0.1) is 0 Å². The quantitative estimate of drug-likeness (QED) is 0.796. The highest BCUT2D eigenvalue weighted by atomic mass is 16.5. The van der Waals surface area contributed by atoms with E-state index in [1.54, 1.807) is 25.3 Å². The van der Waals surface area contributed by atoms with Crippen LogP contribution >= 0.6 is 0 Å². The summed E-state index contributed by atoms with van der Waals surface area (Å²) in [5, 5.41) is 5.54. The van der Waals surface area contributed by atoms with Crippen molar-refractivity contribution in [2.45, 2.75) is 6.42 Å². The zero-order chi connectivity index (χ0) is 16.9. The number of benzene rings is 2. The Morgan fingerprint density at radius 3 is 2.67 bits per heavy atom. The van der Waals surface area contributed by atoms with Crippen molar-refractivity contribution in [3.05, 3.63) is 53.6 Å². The lowest BCUT2D eigenvalue weighted by Gasteiger charge is -2.09. The van der Waals surface area contributed by atoms with Gasteiger partial charge < -0.3 is 20.1 Å². The lowest BCUT2D eigenvalue weighted by molar-refractivity contribution is -0.115. The highest BCUT2D eigenvalue weighted by molar-refractivity contribution is 6.01. The van der Waals surface area contributed by atoms with Gasteiger partial charge in [-0.3, -0.25) is 9.59 Å². The molecule has 0 spiro atoms. The first-order valence-corrected chi connectivity index (χ1v) is 7.63. The molecule has 2 aromatic carbocycles. The Morgan fingerprint density at radius 1 is 1.17 bits per heavy atom. The Kier molecular flexibility index (Phi) is 4.65. The van der Waals surface area contributed by atoms with Crippen LogP contribution in [0.15, 0.2) is 42.5 Å². The third-order valence-corrected chi connectivity index (χ3v) is 3.71. The second-order valence-electron chi connectivity index (χ2n) is 5.38. The van der Waals surface area contributed by atoms with Crippen LogP contribution in [0.25, 0.3) is 0 Å². The van der Waals surface area contributed by atoms with Gasteiger partial charge in [0.05, 0.1) is 20.1 Å². The molecule has 0 unspecified atom stereocenters. The largest absolute Gasteiger partial charge is 0.497 e. The van der Waals surface area contributed by atoms with E-state index in [0.717, 1.165) is 17.0 Å². The van der Waals surface area contributed by atoms with Gasteiger partial charge in [-0.15, -0.1) is 0 Å². The molecule has 0 saturated heterocycles. The van der Waals surface area contributed by atoms with Crippen molar-refractivity contribution in [3.8, 4) is 11.5 Å². The predicted octanol–water partition coefficient (Wildman–Crippen LogP) is 2.00. The normalized spacial score (nSPS) is 12.3. The Labute approximate surface area is 139 Å². The zero-order valence-electron chi connectivity index (χ0n) is 13.3. The molecule has 0 bridgehead atoms. The number of hydrogen-bond acceptors (Lipinski definition) is 4. The van der Waals surface area contributed by atoms with E-state index < -0.39 is 0 Å². The monoisotopic (exact) mass is 326 g/mol. The molecule has 24 heavy (non-hydrogen) atoms. The fourth-order valence-electron chi connectivity index (χ4n) is 2.48. The molecule has 2 aromatic rings. The molecule has 6 heteroatoms. The van der Waals surface area contributed by atoms with Crippen LogP contribution in [0.2, 0.25) is 0 Å². The van der Waals surface area contributed by atoms with Gasteiger partial charge in [0.1, 0.15) is 18.1 Å². The summed E-state index contributed by atoms with van der Waals surface area (Å²) in [5.74, 6) is 1.25. The second kappa shape index (κ2) is 7.04. The average molecular weight is 326 g/mol. The Hall–Kier alpha value is -3.02. The van der Waals surface area contributed by atoms with Crippen molar-refractivity contribution in [1.29, 1.82) is 0 Å². The van der Waals surface area contributed by atoms with Crippen molar-refractivity contribution >= 4 is 17.5 Å². The molecule has 0 aromatic heterocycles. The molecule has 124 valence electrons. The summed E-state index contributed by atoms with van der Waals surface area (Å²) in [6.07, 6.45) is 0.317. The van der Waals surface area contributed by atoms with E-state index in [4.69, 9.17) is 9.47 Å². The zero-order valence-corrected chi connectivity index (χ0v) is 13.3. The molecule has 0 saturated carbocycles. The predicted molar refractivity (Wildman–Crippen MR) is 89.6 cm³/mol. The molecule has 6 nitrogen and oxygen atoms in total. The summed E-state index contributed by atoms with van der Waals surface area (Å²) < 4.78 is 10.6. The summed E-state index contributed by atoms with van der Waals surface area (Å²) in [6.45, 7) is 0.752. The standard InChI is InChI=1S/C18H18N2O4/c1-23-14-3-5-15(6-4-14)24-9-8-19-18(22)12-2-7-16-13(10-12)11-17(21)20-16/h2-7,10H,8-9,11H2,1H3,(H,19,22)(H,20,21). The van der Waals surface area contributed by atoms with E-state index in [-0.39, 0.29) is 11.8 Å².